The first-order valence-corrected chi connectivity index (χ1v) is 5.55. The summed E-state index contributed by atoms with van der Waals surface area (Å²) in [4.78, 5) is 0. The Bertz CT molecular complexity index is 246. The summed E-state index contributed by atoms with van der Waals surface area (Å²) >= 11 is 0. The van der Waals surface area contributed by atoms with Crippen LogP contribution in [0.25, 0.3) is 0 Å². The van der Waals surface area contributed by atoms with E-state index in [9.17, 15) is 0 Å². The van der Waals surface area contributed by atoms with Crippen LogP contribution in [0.5, 0.6) is 0 Å². The molecular formula is C14H21ClMg. The molecule has 0 radical (unpaired) electrons. The molecule has 0 spiro atoms. The van der Waals surface area contributed by atoms with Crippen LogP contribution in [0.1, 0.15) is 32.3 Å². The Morgan fingerprint density at radius 1 is 1.12 bits per heavy atom. The summed E-state index contributed by atoms with van der Waals surface area (Å²) < 4.78 is 0. The Hall–Kier alpha value is 0.276. The third-order valence-electron chi connectivity index (χ3n) is 2.57. The van der Waals surface area contributed by atoms with Gasteiger partial charge in [-0.1, -0.05) is 50.6 Å². The van der Waals surface area contributed by atoms with Gasteiger partial charge >= 0.3 is 23.1 Å². The second kappa shape index (κ2) is 10.4. The maximum absolute atomic E-state index is 4.03. The van der Waals surface area contributed by atoms with E-state index in [1.165, 1.54) is 24.8 Å². The van der Waals surface area contributed by atoms with Crippen molar-refractivity contribution in [1.82, 2.24) is 0 Å². The van der Waals surface area contributed by atoms with Gasteiger partial charge < -0.3 is 19.3 Å². The zero-order chi connectivity index (χ0) is 10.4. The number of halogens is 1. The van der Waals surface area contributed by atoms with Crippen molar-refractivity contribution < 1.29 is 12.4 Å². The summed E-state index contributed by atoms with van der Waals surface area (Å²) in [7, 11) is 0. The molecule has 0 amide bonds. The Morgan fingerprint density at radius 3 is 2.19 bits per heavy atom. The van der Waals surface area contributed by atoms with Gasteiger partial charge in [-0.2, -0.15) is 5.92 Å². The van der Waals surface area contributed by atoms with Crippen LogP contribution in [-0.4, -0.2) is 23.1 Å². The number of benzene rings is 1. The molecule has 16 heavy (non-hydrogen) atoms. The number of hydrogen-bond donors (Lipinski definition) is 0. The van der Waals surface area contributed by atoms with E-state index in [1.54, 1.807) is 0 Å². The van der Waals surface area contributed by atoms with Crippen LogP contribution in [0.15, 0.2) is 30.3 Å². The van der Waals surface area contributed by atoms with Crippen LogP contribution in [0.2, 0.25) is 0 Å². The number of rotatable bonds is 5. The normalized spacial score (nSPS) is 13.2. The van der Waals surface area contributed by atoms with Crippen molar-refractivity contribution in [3.63, 3.8) is 0 Å². The predicted octanol–water partition coefficient (Wildman–Crippen LogP) is 0.739. The second-order valence-corrected chi connectivity index (χ2v) is 4.47. The van der Waals surface area contributed by atoms with Gasteiger partial charge in [0, 0.05) is 0 Å². The summed E-state index contributed by atoms with van der Waals surface area (Å²) in [6, 6.07) is 10.7. The SMILES string of the molecule is [CH2-][C@@H](C)C[C@@H](C)CCc1ccccc1.[Cl-].[Mg+2]. The quantitative estimate of drug-likeness (QED) is 0.533. The molecule has 1 rings (SSSR count). The molecule has 0 fully saturated rings. The molecule has 0 saturated carbocycles. The first-order chi connectivity index (χ1) is 6.68. The van der Waals surface area contributed by atoms with Crippen LogP contribution in [0.4, 0.5) is 0 Å². The van der Waals surface area contributed by atoms with Gasteiger partial charge in [0.1, 0.15) is 0 Å². The number of aryl methyl sites for hydroxylation is 1. The molecule has 86 valence electrons. The molecule has 0 unspecified atom stereocenters. The third kappa shape index (κ3) is 8.43. The Morgan fingerprint density at radius 2 is 1.69 bits per heavy atom. The molecule has 0 bridgehead atoms. The van der Waals surface area contributed by atoms with Crippen molar-refractivity contribution in [1.29, 1.82) is 0 Å². The maximum atomic E-state index is 4.03. The largest absolute Gasteiger partial charge is 2.00 e. The molecule has 1 aromatic carbocycles. The summed E-state index contributed by atoms with van der Waals surface area (Å²) in [5, 5.41) is 0. The third-order valence-corrected chi connectivity index (χ3v) is 2.57. The van der Waals surface area contributed by atoms with Gasteiger partial charge in [-0.15, -0.1) is 0 Å². The van der Waals surface area contributed by atoms with Gasteiger partial charge in [-0.05, 0) is 24.3 Å². The monoisotopic (exact) mass is 248 g/mol. The zero-order valence-corrected chi connectivity index (χ0v) is 12.6. The molecule has 2 heteroatoms. The Kier molecular flexibility index (Phi) is 12.2. The molecule has 0 aliphatic heterocycles. The van der Waals surface area contributed by atoms with Gasteiger partial charge in [0.25, 0.3) is 0 Å². The van der Waals surface area contributed by atoms with Crippen LogP contribution in [-0.2, 0) is 6.42 Å². The van der Waals surface area contributed by atoms with E-state index >= 15 is 0 Å². The summed E-state index contributed by atoms with van der Waals surface area (Å²) in [5.41, 5.74) is 1.45. The van der Waals surface area contributed by atoms with Crippen molar-refractivity contribution in [2.45, 2.75) is 33.1 Å². The molecule has 0 nitrogen and oxygen atoms in total. The van der Waals surface area contributed by atoms with Crippen molar-refractivity contribution in [3.05, 3.63) is 42.8 Å². The van der Waals surface area contributed by atoms with Gasteiger partial charge in [-0.3, -0.25) is 0 Å². The minimum absolute atomic E-state index is 0. The molecular weight excluding hydrogens is 228 g/mol. The molecule has 2 atom stereocenters. The average molecular weight is 249 g/mol. The van der Waals surface area contributed by atoms with Crippen LogP contribution >= 0.6 is 0 Å². The topological polar surface area (TPSA) is 0 Å². The van der Waals surface area contributed by atoms with Gasteiger partial charge in [0.2, 0.25) is 0 Å². The zero-order valence-electron chi connectivity index (χ0n) is 10.5. The molecule has 0 aliphatic rings. The molecule has 1 aromatic rings. The second-order valence-electron chi connectivity index (χ2n) is 4.47. The van der Waals surface area contributed by atoms with Gasteiger partial charge in [0.05, 0.1) is 0 Å². The van der Waals surface area contributed by atoms with Crippen LogP contribution in [0.3, 0.4) is 0 Å². The van der Waals surface area contributed by atoms with E-state index in [0.29, 0.717) is 5.92 Å². The van der Waals surface area contributed by atoms with E-state index < -0.39 is 0 Å². The van der Waals surface area contributed by atoms with Gasteiger partial charge in [-0.25, -0.2) is 0 Å². The molecule has 0 aliphatic carbocycles. The van der Waals surface area contributed by atoms with E-state index in [2.05, 4.69) is 51.1 Å². The summed E-state index contributed by atoms with van der Waals surface area (Å²) in [6.45, 7) is 8.55. The fraction of sp³-hybridized carbons (Fsp3) is 0.500. The van der Waals surface area contributed by atoms with E-state index in [1.807, 2.05) is 0 Å². The minimum atomic E-state index is 0. The van der Waals surface area contributed by atoms with Crippen LogP contribution in [0, 0.1) is 18.8 Å². The standard InChI is InChI=1S/C14H21.ClH.Mg/c1-12(2)11-13(3)9-10-14-7-5-4-6-8-14;;/h4-8,12-13H,1,9-11H2,2-3H3;1H;/q-1;;+2/p-1/t12-,13-;;/m0../s1. The first kappa shape index (κ1) is 18.6. The van der Waals surface area contributed by atoms with Crippen LogP contribution < -0.4 is 12.4 Å². The Labute approximate surface area is 123 Å². The molecule has 0 saturated heterocycles. The Balaban J connectivity index is 0. The fourth-order valence-electron chi connectivity index (χ4n) is 1.86. The van der Waals surface area contributed by atoms with Gasteiger partial charge in [0.15, 0.2) is 0 Å². The molecule has 0 heterocycles. The van der Waals surface area contributed by atoms with Crippen molar-refractivity contribution in [3.8, 4) is 0 Å². The van der Waals surface area contributed by atoms with Crippen molar-refractivity contribution in [2.24, 2.45) is 11.8 Å². The molecule has 0 aromatic heterocycles. The summed E-state index contributed by atoms with van der Waals surface area (Å²) in [5.74, 6) is 1.38. The smallest absolute Gasteiger partial charge is 1.00 e. The minimum Gasteiger partial charge on any atom is -1.00 e. The predicted molar refractivity (Wildman–Crippen MR) is 68.8 cm³/mol. The van der Waals surface area contributed by atoms with E-state index in [4.69, 9.17) is 0 Å². The van der Waals surface area contributed by atoms with Crippen molar-refractivity contribution >= 4 is 23.1 Å². The fourth-order valence-corrected chi connectivity index (χ4v) is 1.86. The first-order valence-electron chi connectivity index (χ1n) is 5.55. The van der Waals surface area contributed by atoms with E-state index in [-0.39, 0.29) is 35.5 Å². The number of hydrogen-bond acceptors (Lipinski definition) is 0. The summed E-state index contributed by atoms with van der Waals surface area (Å²) in [6.07, 6.45) is 3.73. The maximum Gasteiger partial charge on any atom is 2.00 e. The average Bonchev–Trinajstić information content (AvgIpc) is 2.15. The van der Waals surface area contributed by atoms with E-state index in [0.717, 1.165) is 5.92 Å². The molecule has 0 N–H and O–H groups in total. The van der Waals surface area contributed by atoms with Crippen molar-refractivity contribution in [2.75, 3.05) is 0 Å².